The third kappa shape index (κ3) is 3.99. The van der Waals surface area contributed by atoms with Gasteiger partial charge in [0.15, 0.2) is 6.04 Å². The molecule has 1 aliphatic heterocycles. The number of rotatable bonds is 4. The van der Waals surface area contributed by atoms with Crippen LogP contribution in [0, 0.1) is 6.92 Å². The first-order chi connectivity index (χ1) is 10.4. The molecule has 0 unspecified atom stereocenters. The number of quaternary nitrogens is 1. The summed E-state index contributed by atoms with van der Waals surface area (Å²) in [6, 6.07) is 5.65. The van der Waals surface area contributed by atoms with Crippen molar-refractivity contribution in [3.8, 4) is 5.75 Å². The summed E-state index contributed by atoms with van der Waals surface area (Å²) in [6.45, 7) is 9.79. The lowest BCUT2D eigenvalue weighted by Gasteiger charge is -2.35. The van der Waals surface area contributed by atoms with Gasteiger partial charge in [-0.2, -0.15) is 0 Å². The van der Waals surface area contributed by atoms with Gasteiger partial charge in [0.05, 0.1) is 12.8 Å². The van der Waals surface area contributed by atoms with Gasteiger partial charge >= 0.3 is 0 Å². The first-order valence-electron chi connectivity index (χ1n) is 7.86. The molecule has 1 aliphatic rings. The van der Waals surface area contributed by atoms with Gasteiger partial charge in [-0.15, -0.1) is 0 Å². The molecule has 2 rings (SSSR count). The molecule has 122 valence electrons. The van der Waals surface area contributed by atoms with Crippen LogP contribution in [-0.4, -0.2) is 44.4 Å². The Labute approximate surface area is 132 Å². The van der Waals surface area contributed by atoms with E-state index in [2.05, 4.69) is 19.2 Å². The van der Waals surface area contributed by atoms with E-state index in [0.29, 0.717) is 5.75 Å². The second-order valence-corrected chi connectivity index (χ2v) is 6.24. The van der Waals surface area contributed by atoms with Gasteiger partial charge in [0.2, 0.25) is 0 Å². The molecule has 2 N–H and O–H groups in total. The van der Waals surface area contributed by atoms with Gasteiger partial charge in [-0.1, -0.05) is 6.07 Å². The van der Waals surface area contributed by atoms with Crippen LogP contribution in [0.5, 0.6) is 5.75 Å². The number of hydrogen-bond donors (Lipinski definition) is 2. The molecule has 5 heteroatoms. The molecular weight excluding hydrogens is 280 g/mol. The third-order valence-electron chi connectivity index (χ3n) is 4.18. The number of benzene rings is 1. The van der Waals surface area contributed by atoms with Crippen molar-refractivity contribution in [3.63, 3.8) is 0 Å². The third-order valence-corrected chi connectivity index (χ3v) is 4.18. The van der Waals surface area contributed by atoms with E-state index in [1.165, 1.54) is 4.90 Å². The fourth-order valence-corrected chi connectivity index (χ4v) is 3.01. The zero-order valence-corrected chi connectivity index (χ0v) is 14.1. The number of carbonyl (C=O) groups is 1. The van der Waals surface area contributed by atoms with Gasteiger partial charge in [0.1, 0.15) is 31.0 Å². The minimum absolute atomic E-state index is 0.0141. The zero-order chi connectivity index (χ0) is 16.3. The monoisotopic (exact) mass is 307 g/mol. The lowest BCUT2D eigenvalue weighted by atomic mass is 10.1. The van der Waals surface area contributed by atoms with Crippen LogP contribution in [0.25, 0.3) is 0 Å². The Morgan fingerprint density at radius 1 is 1.36 bits per heavy atom. The van der Waals surface area contributed by atoms with Gasteiger partial charge in [0, 0.05) is 0 Å². The molecule has 0 radical (unpaired) electrons. The second kappa shape index (κ2) is 7.11. The Kier molecular flexibility index (Phi) is 5.42. The molecule has 0 aromatic heterocycles. The lowest BCUT2D eigenvalue weighted by molar-refractivity contribution is -0.928. The maximum Gasteiger partial charge on any atom is 0.282 e. The predicted molar refractivity (Wildman–Crippen MR) is 86.5 cm³/mol. The normalized spacial score (nSPS) is 26.3. The van der Waals surface area contributed by atoms with Crippen LogP contribution in [-0.2, 0) is 9.53 Å². The standard InChI is InChI=1S/C17H26N2O3/c1-11-6-7-16(21-5)15(8-11)18-17(20)14(4)19-9-12(2)22-13(3)10-19/h6-8,12-14H,9-10H2,1-5H3,(H,18,20)/p+1/t12-,13-,14+/m1/s1. The molecule has 22 heavy (non-hydrogen) atoms. The van der Waals surface area contributed by atoms with E-state index in [9.17, 15) is 4.79 Å². The van der Waals surface area contributed by atoms with Crippen molar-refractivity contribution in [2.24, 2.45) is 0 Å². The number of methoxy groups -OCH3 is 1. The number of hydrogen-bond acceptors (Lipinski definition) is 3. The average molecular weight is 307 g/mol. The number of anilines is 1. The van der Waals surface area contributed by atoms with Gasteiger partial charge in [-0.25, -0.2) is 0 Å². The average Bonchev–Trinajstić information content (AvgIpc) is 2.45. The summed E-state index contributed by atoms with van der Waals surface area (Å²) in [7, 11) is 1.61. The Bertz CT molecular complexity index is 523. The smallest absolute Gasteiger partial charge is 0.282 e. The van der Waals surface area contributed by atoms with E-state index < -0.39 is 0 Å². The number of morpholine rings is 1. The highest BCUT2D eigenvalue weighted by Crippen LogP contribution is 2.25. The largest absolute Gasteiger partial charge is 0.495 e. The fraction of sp³-hybridized carbons (Fsp3) is 0.588. The Balaban J connectivity index is 2.07. The highest BCUT2D eigenvalue weighted by atomic mass is 16.5. The summed E-state index contributed by atoms with van der Waals surface area (Å²) in [5.41, 5.74) is 1.82. The Morgan fingerprint density at radius 2 is 2.00 bits per heavy atom. The first kappa shape index (κ1) is 16.8. The van der Waals surface area contributed by atoms with Crippen LogP contribution in [0.15, 0.2) is 18.2 Å². The van der Waals surface area contributed by atoms with Crippen LogP contribution >= 0.6 is 0 Å². The zero-order valence-electron chi connectivity index (χ0n) is 14.1. The van der Waals surface area contributed by atoms with Crippen LogP contribution < -0.4 is 15.0 Å². The van der Waals surface area contributed by atoms with Gasteiger partial charge in [0.25, 0.3) is 5.91 Å². The molecule has 0 aliphatic carbocycles. The number of nitrogens with one attached hydrogen (secondary N) is 2. The fourth-order valence-electron chi connectivity index (χ4n) is 3.01. The van der Waals surface area contributed by atoms with Crippen molar-refractivity contribution in [1.82, 2.24) is 0 Å². The highest BCUT2D eigenvalue weighted by Gasteiger charge is 2.33. The summed E-state index contributed by atoms with van der Waals surface area (Å²) >= 11 is 0. The maximum atomic E-state index is 12.6. The van der Waals surface area contributed by atoms with Crippen LogP contribution in [0.2, 0.25) is 0 Å². The number of carbonyl (C=O) groups excluding carboxylic acids is 1. The van der Waals surface area contributed by atoms with Gasteiger partial charge in [-0.05, 0) is 45.4 Å². The van der Waals surface area contributed by atoms with Crippen molar-refractivity contribution >= 4 is 11.6 Å². The molecule has 0 bridgehead atoms. The Hall–Kier alpha value is -1.59. The van der Waals surface area contributed by atoms with Crippen molar-refractivity contribution < 1.29 is 19.2 Å². The number of aryl methyl sites for hydroxylation is 1. The van der Waals surface area contributed by atoms with E-state index in [1.807, 2.05) is 32.0 Å². The molecule has 3 atom stereocenters. The molecule has 1 amide bonds. The topological polar surface area (TPSA) is 52.0 Å². The Morgan fingerprint density at radius 3 is 2.59 bits per heavy atom. The van der Waals surface area contributed by atoms with Crippen molar-refractivity contribution in [2.45, 2.75) is 45.9 Å². The van der Waals surface area contributed by atoms with E-state index >= 15 is 0 Å². The van der Waals surface area contributed by atoms with Gasteiger partial charge < -0.3 is 19.7 Å². The molecule has 1 saturated heterocycles. The summed E-state index contributed by atoms with van der Waals surface area (Å²) in [4.78, 5) is 13.8. The second-order valence-electron chi connectivity index (χ2n) is 6.24. The molecule has 1 heterocycles. The minimum atomic E-state index is -0.126. The summed E-state index contributed by atoms with van der Waals surface area (Å²) in [5, 5.41) is 3.00. The molecule has 1 fully saturated rings. The van der Waals surface area contributed by atoms with E-state index in [1.54, 1.807) is 7.11 Å². The molecule has 1 aromatic carbocycles. The quantitative estimate of drug-likeness (QED) is 0.873. The van der Waals surface area contributed by atoms with E-state index in [4.69, 9.17) is 9.47 Å². The van der Waals surface area contributed by atoms with Crippen LogP contribution in [0.1, 0.15) is 26.3 Å². The van der Waals surface area contributed by atoms with Crippen LogP contribution in [0.4, 0.5) is 5.69 Å². The number of ether oxygens (including phenoxy) is 2. The van der Waals surface area contributed by atoms with Crippen LogP contribution in [0.3, 0.4) is 0 Å². The van der Waals surface area contributed by atoms with Crippen molar-refractivity contribution in [1.29, 1.82) is 0 Å². The molecule has 0 saturated carbocycles. The van der Waals surface area contributed by atoms with E-state index in [-0.39, 0.29) is 24.2 Å². The molecule has 5 nitrogen and oxygen atoms in total. The molecule has 0 spiro atoms. The maximum absolute atomic E-state index is 12.6. The van der Waals surface area contributed by atoms with E-state index in [0.717, 1.165) is 24.3 Å². The first-order valence-corrected chi connectivity index (χ1v) is 7.86. The predicted octanol–water partition coefficient (Wildman–Crippen LogP) is 1.02. The minimum Gasteiger partial charge on any atom is -0.495 e. The highest BCUT2D eigenvalue weighted by molar-refractivity contribution is 5.95. The van der Waals surface area contributed by atoms with Crippen molar-refractivity contribution in [2.75, 3.05) is 25.5 Å². The molecular formula is C17H27N2O3+. The SMILES string of the molecule is COc1ccc(C)cc1NC(=O)[C@H](C)[NH+]1C[C@@H](C)O[C@H](C)C1. The number of amides is 1. The molecule has 1 aromatic rings. The lowest BCUT2D eigenvalue weighted by Crippen LogP contribution is -3.19. The van der Waals surface area contributed by atoms with Gasteiger partial charge in [-0.3, -0.25) is 4.79 Å². The summed E-state index contributed by atoms with van der Waals surface area (Å²) < 4.78 is 11.1. The summed E-state index contributed by atoms with van der Waals surface area (Å²) in [5.74, 6) is 0.699. The summed E-state index contributed by atoms with van der Waals surface area (Å²) in [6.07, 6.45) is 0.366. The van der Waals surface area contributed by atoms with Crippen molar-refractivity contribution in [3.05, 3.63) is 23.8 Å².